The summed E-state index contributed by atoms with van der Waals surface area (Å²) in [6.45, 7) is 8.00. The molecule has 2 rings (SSSR count). The molecular formula is C17H25NO2. The van der Waals surface area contributed by atoms with Gasteiger partial charge in [0.25, 0.3) is 0 Å². The van der Waals surface area contributed by atoms with Gasteiger partial charge in [-0.3, -0.25) is 4.79 Å². The molecule has 110 valence electrons. The van der Waals surface area contributed by atoms with E-state index in [0.717, 1.165) is 42.7 Å². The summed E-state index contributed by atoms with van der Waals surface area (Å²) in [4.78, 5) is 12.5. The second kappa shape index (κ2) is 6.89. The first-order chi connectivity index (χ1) is 9.61. The van der Waals surface area contributed by atoms with Gasteiger partial charge in [-0.25, -0.2) is 0 Å². The summed E-state index contributed by atoms with van der Waals surface area (Å²) >= 11 is 0. The lowest BCUT2D eigenvalue weighted by molar-refractivity contribution is 0.0951. The van der Waals surface area contributed by atoms with Crippen LogP contribution in [-0.2, 0) is 6.42 Å². The number of rotatable bonds is 6. The summed E-state index contributed by atoms with van der Waals surface area (Å²) in [5, 5.41) is 3.28. The Labute approximate surface area is 121 Å². The Balaban J connectivity index is 2.14. The van der Waals surface area contributed by atoms with Crippen LogP contribution in [0.15, 0.2) is 18.2 Å². The zero-order valence-corrected chi connectivity index (χ0v) is 12.7. The number of aryl methyl sites for hydroxylation is 1. The molecule has 1 aromatic carbocycles. The van der Waals surface area contributed by atoms with Crippen LogP contribution in [0.4, 0.5) is 0 Å². The summed E-state index contributed by atoms with van der Waals surface area (Å²) in [6.07, 6.45) is 2.90. The van der Waals surface area contributed by atoms with Crippen molar-refractivity contribution in [3.05, 3.63) is 29.3 Å². The summed E-state index contributed by atoms with van der Waals surface area (Å²) in [7, 11) is 0. The summed E-state index contributed by atoms with van der Waals surface area (Å²) in [5.74, 6) is 1.60. The Morgan fingerprint density at radius 2 is 2.25 bits per heavy atom. The van der Waals surface area contributed by atoms with Gasteiger partial charge in [-0.15, -0.1) is 0 Å². The minimum atomic E-state index is 0.00253. The van der Waals surface area contributed by atoms with Gasteiger partial charge in [0.2, 0.25) is 0 Å². The Morgan fingerprint density at radius 3 is 2.85 bits per heavy atom. The first kappa shape index (κ1) is 15.0. The van der Waals surface area contributed by atoms with Crippen molar-refractivity contribution < 1.29 is 9.53 Å². The highest BCUT2D eigenvalue weighted by molar-refractivity contribution is 6.01. The fraction of sp³-hybridized carbons (Fsp3) is 0.588. The number of carbonyl (C=O) groups is 1. The van der Waals surface area contributed by atoms with Gasteiger partial charge < -0.3 is 10.1 Å². The summed E-state index contributed by atoms with van der Waals surface area (Å²) in [6, 6.07) is 5.87. The molecule has 0 aromatic heterocycles. The molecule has 1 N–H and O–H groups in total. The van der Waals surface area contributed by atoms with Crippen LogP contribution in [0.25, 0.3) is 0 Å². The molecule has 1 saturated heterocycles. The average molecular weight is 275 g/mol. The molecule has 1 fully saturated rings. The molecule has 0 bridgehead atoms. The van der Waals surface area contributed by atoms with E-state index in [-0.39, 0.29) is 11.8 Å². The van der Waals surface area contributed by atoms with Crippen molar-refractivity contribution in [3.63, 3.8) is 0 Å². The van der Waals surface area contributed by atoms with E-state index < -0.39 is 0 Å². The average Bonchev–Trinajstić information content (AvgIpc) is 2.98. The van der Waals surface area contributed by atoms with Crippen LogP contribution in [-0.4, -0.2) is 25.0 Å². The number of benzene rings is 1. The van der Waals surface area contributed by atoms with Gasteiger partial charge in [-0.1, -0.05) is 20.8 Å². The van der Waals surface area contributed by atoms with E-state index in [1.165, 1.54) is 0 Å². The van der Waals surface area contributed by atoms with Crippen molar-refractivity contribution in [1.82, 2.24) is 5.32 Å². The van der Waals surface area contributed by atoms with Crippen molar-refractivity contribution in [3.8, 4) is 5.75 Å². The van der Waals surface area contributed by atoms with Gasteiger partial charge in [0, 0.05) is 5.56 Å². The maximum atomic E-state index is 12.5. The number of Topliss-reactive ketones (excluding diaryl/α,β-unsaturated/α-hetero) is 1. The quantitative estimate of drug-likeness (QED) is 0.810. The van der Waals surface area contributed by atoms with Gasteiger partial charge in [0.05, 0.1) is 12.6 Å². The highest BCUT2D eigenvalue weighted by atomic mass is 16.5. The van der Waals surface area contributed by atoms with Gasteiger partial charge in [0.15, 0.2) is 5.78 Å². The number of ether oxygens (including phenoxy) is 1. The normalized spacial score (nSPS) is 18.5. The van der Waals surface area contributed by atoms with Gasteiger partial charge in [-0.05, 0) is 55.5 Å². The van der Waals surface area contributed by atoms with E-state index in [9.17, 15) is 4.79 Å². The van der Waals surface area contributed by atoms with E-state index in [0.29, 0.717) is 12.5 Å². The molecule has 1 aliphatic rings. The zero-order chi connectivity index (χ0) is 14.5. The van der Waals surface area contributed by atoms with Crippen LogP contribution in [0.2, 0.25) is 0 Å². The molecule has 0 aliphatic carbocycles. The number of ketones is 1. The van der Waals surface area contributed by atoms with Gasteiger partial charge in [0.1, 0.15) is 5.75 Å². The Morgan fingerprint density at radius 1 is 1.45 bits per heavy atom. The van der Waals surface area contributed by atoms with Crippen LogP contribution >= 0.6 is 0 Å². The van der Waals surface area contributed by atoms with Crippen LogP contribution < -0.4 is 10.1 Å². The van der Waals surface area contributed by atoms with E-state index in [2.05, 4.69) is 26.1 Å². The number of hydrogen-bond donors (Lipinski definition) is 1. The maximum absolute atomic E-state index is 12.5. The molecule has 1 aromatic rings. The Hall–Kier alpha value is -1.35. The highest BCUT2D eigenvalue weighted by Crippen LogP contribution is 2.22. The lowest BCUT2D eigenvalue weighted by atomic mass is 9.96. The van der Waals surface area contributed by atoms with Crippen LogP contribution in [0.3, 0.4) is 0 Å². The third kappa shape index (κ3) is 3.60. The van der Waals surface area contributed by atoms with E-state index in [1.54, 1.807) is 0 Å². The van der Waals surface area contributed by atoms with Crippen molar-refractivity contribution in [2.45, 2.75) is 46.1 Å². The Kier molecular flexibility index (Phi) is 5.18. The van der Waals surface area contributed by atoms with Crippen molar-refractivity contribution in [2.75, 3.05) is 13.2 Å². The molecular weight excluding hydrogens is 250 g/mol. The van der Waals surface area contributed by atoms with Crippen molar-refractivity contribution in [2.24, 2.45) is 5.92 Å². The molecule has 0 amide bonds. The van der Waals surface area contributed by atoms with Crippen molar-refractivity contribution >= 4 is 5.78 Å². The molecule has 20 heavy (non-hydrogen) atoms. The largest absolute Gasteiger partial charge is 0.493 e. The second-order valence-electron chi connectivity index (χ2n) is 5.89. The van der Waals surface area contributed by atoms with Crippen LogP contribution in [0.1, 0.15) is 49.5 Å². The standard InChI is InChI=1S/C17H25NO2/c1-4-13-10-14(20-11-12(2)3)7-8-15(13)17(19)16-6-5-9-18-16/h7-8,10,12,16,18H,4-6,9,11H2,1-3H3. The molecule has 0 saturated carbocycles. The molecule has 1 atom stereocenters. The Bertz CT molecular complexity index is 462. The van der Waals surface area contributed by atoms with Crippen molar-refractivity contribution in [1.29, 1.82) is 0 Å². The highest BCUT2D eigenvalue weighted by Gasteiger charge is 2.24. The SMILES string of the molecule is CCc1cc(OCC(C)C)ccc1C(=O)C1CCCN1. The molecule has 1 unspecified atom stereocenters. The number of carbonyl (C=O) groups excluding carboxylic acids is 1. The van der Waals surface area contributed by atoms with Crippen LogP contribution in [0.5, 0.6) is 5.75 Å². The van der Waals surface area contributed by atoms with Crippen LogP contribution in [0, 0.1) is 5.92 Å². The van der Waals surface area contributed by atoms with E-state index >= 15 is 0 Å². The van der Waals surface area contributed by atoms with Gasteiger partial charge >= 0.3 is 0 Å². The molecule has 3 heteroatoms. The third-order valence-corrected chi connectivity index (χ3v) is 3.68. The lowest BCUT2D eigenvalue weighted by Gasteiger charge is -2.15. The maximum Gasteiger partial charge on any atom is 0.180 e. The second-order valence-corrected chi connectivity index (χ2v) is 5.89. The summed E-state index contributed by atoms with van der Waals surface area (Å²) in [5.41, 5.74) is 1.94. The first-order valence-corrected chi connectivity index (χ1v) is 7.65. The minimum Gasteiger partial charge on any atom is -0.493 e. The van der Waals surface area contributed by atoms with E-state index in [1.807, 2.05) is 18.2 Å². The van der Waals surface area contributed by atoms with E-state index in [4.69, 9.17) is 4.74 Å². The topological polar surface area (TPSA) is 38.3 Å². The molecule has 1 heterocycles. The third-order valence-electron chi connectivity index (χ3n) is 3.68. The first-order valence-electron chi connectivity index (χ1n) is 7.65. The molecule has 0 spiro atoms. The predicted molar refractivity (Wildman–Crippen MR) is 81.5 cm³/mol. The fourth-order valence-electron chi connectivity index (χ4n) is 2.55. The molecule has 1 aliphatic heterocycles. The zero-order valence-electron chi connectivity index (χ0n) is 12.7. The number of hydrogen-bond acceptors (Lipinski definition) is 3. The lowest BCUT2D eigenvalue weighted by Crippen LogP contribution is -2.31. The minimum absolute atomic E-state index is 0.00253. The summed E-state index contributed by atoms with van der Waals surface area (Å²) < 4.78 is 5.74. The fourth-order valence-corrected chi connectivity index (χ4v) is 2.55. The predicted octanol–water partition coefficient (Wildman–Crippen LogP) is 3.22. The van der Waals surface area contributed by atoms with Gasteiger partial charge in [-0.2, -0.15) is 0 Å². The smallest absolute Gasteiger partial charge is 0.180 e. The molecule has 3 nitrogen and oxygen atoms in total. The number of nitrogens with one attached hydrogen (secondary N) is 1. The monoisotopic (exact) mass is 275 g/mol. The molecule has 0 radical (unpaired) electrons.